The molecule has 0 bridgehead atoms. The minimum Gasteiger partial charge on any atom is -0.350 e. The molecule has 1 saturated carbocycles. The zero-order valence-corrected chi connectivity index (χ0v) is 17.4. The highest BCUT2D eigenvalue weighted by Gasteiger charge is 2.26. The molecule has 30 heavy (non-hydrogen) atoms. The van der Waals surface area contributed by atoms with E-state index in [-0.39, 0.29) is 35.8 Å². The molecule has 160 valence electrons. The molecule has 6 nitrogen and oxygen atoms in total. The number of piperidine rings is 1. The van der Waals surface area contributed by atoms with Gasteiger partial charge in [-0.3, -0.25) is 9.59 Å². The summed E-state index contributed by atoms with van der Waals surface area (Å²) >= 11 is 0. The zero-order chi connectivity index (χ0) is 21.1. The zero-order valence-electron chi connectivity index (χ0n) is 17.4. The van der Waals surface area contributed by atoms with E-state index in [4.69, 9.17) is 0 Å². The van der Waals surface area contributed by atoms with Crippen LogP contribution in [0.15, 0.2) is 35.1 Å². The number of amides is 1. The van der Waals surface area contributed by atoms with Gasteiger partial charge in [-0.05, 0) is 56.5 Å². The highest BCUT2D eigenvalue weighted by molar-refractivity contribution is 5.76. The van der Waals surface area contributed by atoms with Gasteiger partial charge in [0.1, 0.15) is 12.4 Å². The summed E-state index contributed by atoms with van der Waals surface area (Å²) in [6.07, 6.45) is 5.12. The molecule has 2 aromatic rings. The molecule has 0 radical (unpaired) electrons. The number of aromatic nitrogens is 2. The first-order valence-electron chi connectivity index (χ1n) is 10.9. The number of carbonyl (C=O) groups excluding carboxylic acids is 1. The fourth-order valence-corrected chi connectivity index (χ4v) is 4.36. The van der Waals surface area contributed by atoms with Crippen LogP contribution in [-0.4, -0.2) is 46.3 Å². The molecule has 0 spiro atoms. The van der Waals surface area contributed by atoms with E-state index in [9.17, 15) is 14.0 Å². The van der Waals surface area contributed by atoms with Gasteiger partial charge in [-0.1, -0.05) is 25.5 Å². The van der Waals surface area contributed by atoms with E-state index >= 15 is 0 Å². The molecule has 2 heterocycles. The first-order chi connectivity index (χ1) is 14.5. The van der Waals surface area contributed by atoms with E-state index < -0.39 is 0 Å². The molecule has 2 aliphatic rings. The molecule has 1 aromatic carbocycles. The summed E-state index contributed by atoms with van der Waals surface area (Å²) in [7, 11) is 0. The number of nitrogens with zero attached hydrogens (tertiary/aromatic N) is 3. The Bertz CT molecular complexity index is 970. The number of likely N-dealkylation sites (tertiary alicyclic amines) is 1. The maximum atomic E-state index is 13.7. The Morgan fingerprint density at radius 1 is 1.23 bits per heavy atom. The predicted molar refractivity (Wildman–Crippen MR) is 114 cm³/mol. The SMILES string of the molecule is CCN1CCC[C@@H](NC(=O)Cn2nc(C3CCC3)c(-c3cccc(F)c3)cc2=O)C1. The fraction of sp³-hybridized carbons (Fsp3) is 0.522. The van der Waals surface area contributed by atoms with Crippen LogP contribution in [0.4, 0.5) is 4.39 Å². The number of halogens is 1. The van der Waals surface area contributed by atoms with Gasteiger partial charge < -0.3 is 10.2 Å². The molecule has 4 rings (SSSR count). The van der Waals surface area contributed by atoms with Crippen molar-refractivity contribution >= 4 is 5.91 Å². The van der Waals surface area contributed by atoms with Crippen LogP contribution in [0.1, 0.15) is 50.6 Å². The lowest BCUT2D eigenvalue weighted by molar-refractivity contribution is -0.123. The van der Waals surface area contributed by atoms with Gasteiger partial charge in [-0.2, -0.15) is 5.10 Å². The van der Waals surface area contributed by atoms with Crippen LogP contribution in [-0.2, 0) is 11.3 Å². The van der Waals surface area contributed by atoms with Crippen molar-refractivity contribution in [2.24, 2.45) is 0 Å². The van der Waals surface area contributed by atoms with E-state index in [2.05, 4.69) is 22.2 Å². The first-order valence-corrected chi connectivity index (χ1v) is 10.9. The minimum absolute atomic E-state index is 0.0926. The second-order valence-corrected chi connectivity index (χ2v) is 8.38. The van der Waals surface area contributed by atoms with Crippen molar-refractivity contribution in [3.05, 3.63) is 52.2 Å². The Kier molecular flexibility index (Phi) is 6.27. The Hall–Kier alpha value is -2.54. The Morgan fingerprint density at radius 3 is 2.77 bits per heavy atom. The first kappa shape index (κ1) is 20.7. The summed E-state index contributed by atoms with van der Waals surface area (Å²) in [4.78, 5) is 27.7. The van der Waals surface area contributed by atoms with Crippen molar-refractivity contribution in [2.45, 2.75) is 57.5 Å². The van der Waals surface area contributed by atoms with Crippen LogP contribution in [0.5, 0.6) is 0 Å². The van der Waals surface area contributed by atoms with E-state index in [1.165, 1.54) is 22.9 Å². The van der Waals surface area contributed by atoms with E-state index in [0.717, 1.165) is 57.4 Å². The second kappa shape index (κ2) is 9.08. The van der Waals surface area contributed by atoms with E-state index in [0.29, 0.717) is 11.1 Å². The number of likely N-dealkylation sites (N-methyl/N-ethyl adjacent to an activating group) is 1. The smallest absolute Gasteiger partial charge is 0.267 e. The van der Waals surface area contributed by atoms with Crippen molar-refractivity contribution in [1.29, 1.82) is 0 Å². The quantitative estimate of drug-likeness (QED) is 0.792. The van der Waals surface area contributed by atoms with Crippen molar-refractivity contribution in [2.75, 3.05) is 19.6 Å². The lowest BCUT2D eigenvalue weighted by Crippen LogP contribution is -2.48. The van der Waals surface area contributed by atoms with Crippen LogP contribution in [0, 0.1) is 5.82 Å². The lowest BCUT2D eigenvalue weighted by Gasteiger charge is -2.32. The molecular weight excluding hydrogens is 383 g/mol. The Morgan fingerprint density at radius 2 is 2.07 bits per heavy atom. The highest BCUT2D eigenvalue weighted by atomic mass is 19.1. The normalized spacial score (nSPS) is 20.0. The third kappa shape index (κ3) is 4.61. The van der Waals surface area contributed by atoms with Crippen LogP contribution < -0.4 is 10.9 Å². The van der Waals surface area contributed by atoms with Gasteiger partial charge in [0.25, 0.3) is 5.56 Å². The number of carbonyl (C=O) groups is 1. The standard InChI is InChI=1S/C23H29FN4O2/c1-2-27-11-5-10-19(14-27)25-21(29)15-28-22(30)13-20(17-8-4-9-18(24)12-17)23(26-28)16-6-3-7-16/h4,8-9,12-13,16,19H,2-3,5-7,10-11,14-15H2,1H3,(H,25,29)/t19-/m1/s1. The van der Waals surface area contributed by atoms with Gasteiger partial charge in [-0.15, -0.1) is 0 Å². The number of hydrogen-bond acceptors (Lipinski definition) is 4. The number of rotatable bonds is 6. The molecular formula is C23H29FN4O2. The van der Waals surface area contributed by atoms with Crippen molar-refractivity contribution < 1.29 is 9.18 Å². The molecule has 2 fully saturated rings. The predicted octanol–water partition coefficient (Wildman–Crippen LogP) is 2.92. The summed E-state index contributed by atoms with van der Waals surface area (Å²) < 4.78 is 15.0. The monoisotopic (exact) mass is 412 g/mol. The third-order valence-electron chi connectivity index (χ3n) is 6.27. The number of hydrogen-bond donors (Lipinski definition) is 1. The van der Waals surface area contributed by atoms with Gasteiger partial charge in [0.15, 0.2) is 0 Å². The topological polar surface area (TPSA) is 67.2 Å². The number of nitrogens with one attached hydrogen (secondary N) is 1. The van der Waals surface area contributed by atoms with Crippen LogP contribution >= 0.6 is 0 Å². The van der Waals surface area contributed by atoms with Crippen molar-refractivity contribution in [3.8, 4) is 11.1 Å². The molecule has 1 aliphatic heterocycles. The summed E-state index contributed by atoms with van der Waals surface area (Å²) in [5, 5.41) is 7.63. The Labute approximate surface area is 176 Å². The highest BCUT2D eigenvalue weighted by Crippen LogP contribution is 2.39. The molecule has 1 aliphatic carbocycles. The summed E-state index contributed by atoms with van der Waals surface area (Å²) in [5.74, 6) is -0.288. The fourth-order valence-electron chi connectivity index (χ4n) is 4.36. The maximum absolute atomic E-state index is 13.7. The van der Waals surface area contributed by atoms with Gasteiger partial charge in [0, 0.05) is 30.1 Å². The van der Waals surface area contributed by atoms with Gasteiger partial charge in [0.2, 0.25) is 5.91 Å². The van der Waals surface area contributed by atoms with Gasteiger partial charge in [0.05, 0.1) is 5.69 Å². The van der Waals surface area contributed by atoms with Crippen molar-refractivity contribution in [3.63, 3.8) is 0 Å². The molecule has 0 unspecified atom stereocenters. The largest absolute Gasteiger partial charge is 0.350 e. The Balaban J connectivity index is 1.55. The van der Waals surface area contributed by atoms with Crippen LogP contribution in [0.25, 0.3) is 11.1 Å². The summed E-state index contributed by atoms with van der Waals surface area (Å²) in [6.45, 7) is 4.91. The lowest BCUT2D eigenvalue weighted by atomic mass is 9.80. The summed E-state index contributed by atoms with van der Waals surface area (Å²) in [5.41, 5.74) is 1.77. The average Bonchev–Trinajstić information content (AvgIpc) is 2.69. The second-order valence-electron chi connectivity index (χ2n) is 8.38. The third-order valence-corrected chi connectivity index (χ3v) is 6.27. The molecule has 1 aromatic heterocycles. The number of benzene rings is 1. The van der Waals surface area contributed by atoms with E-state index in [1.807, 2.05) is 0 Å². The van der Waals surface area contributed by atoms with Gasteiger partial charge in [-0.25, -0.2) is 9.07 Å². The molecule has 1 amide bonds. The molecule has 1 N–H and O–H groups in total. The molecule has 1 atom stereocenters. The molecule has 1 saturated heterocycles. The molecule has 7 heteroatoms. The van der Waals surface area contributed by atoms with Crippen molar-refractivity contribution in [1.82, 2.24) is 20.0 Å². The maximum Gasteiger partial charge on any atom is 0.267 e. The average molecular weight is 413 g/mol. The van der Waals surface area contributed by atoms with Crippen LogP contribution in [0.2, 0.25) is 0 Å². The minimum atomic E-state index is -0.343. The summed E-state index contributed by atoms with van der Waals surface area (Å²) in [6, 6.07) is 7.86. The van der Waals surface area contributed by atoms with E-state index in [1.54, 1.807) is 12.1 Å². The van der Waals surface area contributed by atoms with Crippen LogP contribution in [0.3, 0.4) is 0 Å². The van der Waals surface area contributed by atoms with Gasteiger partial charge >= 0.3 is 0 Å².